The van der Waals surface area contributed by atoms with Gasteiger partial charge in [-0.15, -0.1) is 10.2 Å². The molecule has 9 heteroatoms. The van der Waals surface area contributed by atoms with Gasteiger partial charge in [0.05, 0.1) is 30.2 Å². The van der Waals surface area contributed by atoms with E-state index in [1.165, 1.54) is 12.8 Å². The van der Waals surface area contributed by atoms with E-state index in [-0.39, 0.29) is 5.91 Å². The molecular formula is C27H33N7O2. The lowest BCUT2D eigenvalue weighted by atomic mass is 9.92. The van der Waals surface area contributed by atoms with Crippen LogP contribution in [0.1, 0.15) is 31.7 Å². The van der Waals surface area contributed by atoms with Crippen LogP contribution in [0.25, 0.3) is 5.57 Å². The lowest BCUT2D eigenvalue weighted by Crippen LogP contribution is -2.38. The molecule has 1 aromatic heterocycles. The fraction of sp³-hybridized carbons (Fsp3) is 0.444. The molecule has 0 unspecified atom stereocenters. The molecule has 2 saturated heterocycles. The second kappa shape index (κ2) is 9.91. The van der Waals surface area contributed by atoms with Crippen molar-refractivity contribution in [3.8, 4) is 0 Å². The summed E-state index contributed by atoms with van der Waals surface area (Å²) in [4.78, 5) is 20.4. The second-order valence-corrected chi connectivity index (χ2v) is 9.57. The number of ether oxygens (including phenoxy) is 1. The lowest BCUT2D eigenvalue weighted by molar-refractivity contribution is -0.117. The molecular weight excluding hydrogens is 454 g/mol. The third kappa shape index (κ3) is 4.12. The highest BCUT2D eigenvalue weighted by Crippen LogP contribution is 2.50. The third-order valence-electron chi connectivity index (χ3n) is 7.27. The number of hydrogen-bond acceptors (Lipinski definition) is 8. The number of aromatic nitrogens is 2. The number of amides is 1. The van der Waals surface area contributed by atoms with Crippen LogP contribution in [0, 0.1) is 0 Å². The Bertz CT molecular complexity index is 1210. The molecule has 0 atom stereocenters. The standard InChI is InChI=1S/C27H33N7O2/c1-2-7-19-20-18-23(33-14-16-36-17-15-33)30-31-25(20)34-22-9-4-3-8-21(22)29-26(34)24(19)27(35)28-10-13-32-11-5-6-12-32/h3-4,7-9,18,29H,2,5-6,10-17H2,1H3,(H,28,35)/b19-7+. The van der Waals surface area contributed by atoms with Gasteiger partial charge in [0.2, 0.25) is 0 Å². The van der Waals surface area contributed by atoms with Crippen molar-refractivity contribution in [3.05, 3.63) is 53.4 Å². The molecule has 2 aromatic rings. The van der Waals surface area contributed by atoms with E-state index in [2.05, 4.69) is 44.6 Å². The van der Waals surface area contributed by atoms with Gasteiger partial charge in [-0.25, -0.2) is 0 Å². The van der Waals surface area contributed by atoms with Crippen molar-refractivity contribution in [1.82, 2.24) is 20.4 Å². The Hall–Kier alpha value is -3.43. The van der Waals surface area contributed by atoms with Crippen molar-refractivity contribution in [2.24, 2.45) is 0 Å². The number of para-hydroxylation sites is 2. The molecule has 0 aliphatic carbocycles. The number of allylic oxidation sites excluding steroid dienone is 1. The average molecular weight is 488 g/mol. The summed E-state index contributed by atoms with van der Waals surface area (Å²) in [6, 6.07) is 10.2. The Kier molecular flexibility index (Phi) is 6.33. The molecule has 5 heterocycles. The van der Waals surface area contributed by atoms with Crippen LogP contribution in [-0.2, 0) is 9.53 Å². The molecule has 36 heavy (non-hydrogen) atoms. The zero-order valence-corrected chi connectivity index (χ0v) is 20.8. The number of likely N-dealkylation sites (tertiary alicyclic amines) is 1. The summed E-state index contributed by atoms with van der Waals surface area (Å²) in [6.45, 7) is 8.74. The van der Waals surface area contributed by atoms with Crippen LogP contribution in [0.5, 0.6) is 0 Å². The number of morpholine rings is 1. The first-order valence-corrected chi connectivity index (χ1v) is 13.1. The van der Waals surface area contributed by atoms with Crippen molar-refractivity contribution in [2.45, 2.75) is 26.2 Å². The van der Waals surface area contributed by atoms with E-state index in [0.717, 1.165) is 79.1 Å². The zero-order valence-electron chi connectivity index (χ0n) is 20.8. The molecule has 9 nitrogen and oxygen atoms in total. The number of nitrogens with one attached hydrogen (secondary N) is 2. The van der Waals surface area contributed by atoms with Gasteiger partial charge in [-0.3, -0.25) is 9.69 Å². The maximum absolute atomic E-state index is 13.8. The number of anilines is 4. The molecule has 188 valence electrons. The highest BCUT2D eigenvalue weighted by molar-refractivity contribution is 6.15. The predicted octanol–water partition coefficient (Wildman–Crippen LogP) is 3.11. The summed E-state index contributed by atoms with van der Waals surface area (Å²) < 4.78 is 5.53. The topological polar surface area (TPSA) is 85.9 Å². The van der Waals surface area contributed by atoms with Gasteiger partial charge in [0.1, 0.15) is 5.82 Å². The van der Waals surface area contributed by atoms with E-state index in [9.17, 15) is 4.79 Å². The second-order valence-electron chi connectivity index (χ2n) is 9.57. The van der Waals surface area contributed by atoms with Gasteiger partial charge >= 0.3 is 0 Å². The first-order chi connectivity index (χ1) is 17.7. The van der Waals surface area contributed by atoms with E-state index in [1.54, 1.807) is 0 Å². The summed E-state index contributed by atoms with van der Waals surface area (Å²) in [5.74, 6) is 2.24. The van der Waals surface area contributed by atoms with Crippen molar-refractivity contribution in [1.29, 1.82) is 0 Å². The third-order valence-corrected chi connectivity index (χ3v) is 7.27. The predicted molar refractivity (Wildman–Crippen MR) is 141 cm³/mol. The first kappa shape index (κ1) is 23.0. The summed E-state index contributed by atoms with van der Waals surface area (Å²) >= 11 is 0. The van der Waals surface area contributed by atoms with Gasteiger partial charge in [0.15, 0.2) is 11.6 Å². The monoisotopic (exact) mass is 487 g/mol. The van der Waals surface area contributed by atoms with E-state index in [1.807, 2.05) is 29.2 Å². The molecule has 4 aliphatic heterocycles. The molecule has 2 fully saturated rings. The van der Waals surface area contributed by atoms with E-state index in [0.29, 0.717) is 25.3 Å². The fourth-order valence-corrected chi connectivity index (χ4v) is 5.49. The van der Waals surface area contributed by atoms with Crippen LogP contribution < -0.4 is 20.4 Å². The molecule has 0 bridgehead atoms. The fourth-order valence-electron chi connectivity index (χ4n) is 5.49. The number of hydrogen-bond donors (Lipinski definition) is 2. The van der Waals surface area contributed by atoms with Crippen LogP contribution in [0.3, 0.4) is 0 Å². The highest BCUT2D eigenvalue weighted by Gasteiger charge is 2.39. The summed E-state index contributed by atoms with van der Waals surface area (Å²) in [6.07, 6.45) is 5.42. The maximum atomic E-state index is 13.8. The minimum absolute atomic E-state index is 0.0652. The average Bonchev–Trinajstić information content (AvgIpc) is 3.57. The number of rotatable bonds is 6. The number of carbonyl (C=O) groups excluding carboxylic acids is 1. The molecule has 1 aromatic carbocycles. The minimum atomic E-state index is -0.0652. The molecule has 0 saturated carbocycles. The summed E-state index contributed by atoms with van der Waals surface area (Å²) in [5, 5.41) is 16.0. The van der Waals surface area contributed by atoms with Gasteiger partial charge in [0, 0.05) is 31.7 Å². The molecule has 0 radical (unpaired) electrons. The molecule has 4 aliphatic rings. The van der Waals surface area contributed by atoms with E-state index >= 15 is 0 Å². The van der Waals surface area contributed by atoms with E-state index < -0.39 is 0 Å². The van der Waals surface area contributed by atoms with Gasteiger partial charge in [-0.1, -0.05) is 25.1 Å². The number of fused-ring (bicyclic) bond motifs is 5. The van der Waals surface area contributed by atoms with Crippen molar-refractivity contribution >= 4 is 34.5 Å². The van der Waals surface area contributed by atoms with Gasteiger partial charge in [-0.05, 0) is 56.1 Å². The molecule has 1 amide bonds. The Morgan fingerprint density at radius 3 is 2.75 bits per heavy atom. The van der Waals surface area contributed by atoms with Gasteiger partial charge in [0.25, 0.3) is 5.91 Å². The zero-order chi connectivity index (χ0) is 24.5. The molecule has 6 rings (SSSR count). The van der Waals surface area contributed by atoms with Crippen LogP contribution in [0.15, 0.2) is 47.8 Å². The van der Waals surface area contributed by atoms with Crippen LogP contribution in [0.4, 0.5) is 23.0 Å². The van der Waals surface area contributed by atoms with Crippen molar-refractivity contribution in [2.75, 3.05) is 67.6 Å². The van der Waals surface area contributed by atoms with Crippen LogP contribution in [0.2, 0.25) is 0 Å². The minimum Gasteiger partial charge on any atom is -0.378 e. The Labute approximate surface area is 211 Å². The highest BCUT2D eigenvalue weighted by atomic mass is 16.5. The molecule has 0 spiro atoms. The number of benzene rings is 1. The van der Waals surface area contributed by atoms with Gasteiger partial charge in [-0.2, -0.15) is 0 Å². The van der Waals surface area contributed by atoms with Gasteiger partial charge < -0.3 is 25.2 Å². The van der Waals surface area contributed by atoms with Crippen LogP contribution >= 0.6 is 0 Å². The SMILES string of the molecule is CC/C=C1/C(C(=O)NCCN2CCCC2)=C2Nc3ccccc3N2c2nnc(N3CCOCC3)cc21. The van der Waals surface area contributed by atoms with Crippen molar-refractivity contribution < 1.29 is 9.53 Å². The Balaban J connectivity index is 1.40. The van der Waals surface area contributed by atoms with Crippen molar-refractivity contribution in [3.63, 3.8) is 0 Å². The summed E-state index contributed by atoms with van der Waals surface area (Å²) in [7, 11) is 0. The molecule has 2 N–H and O–H groups in total. The van der Waals surface area contributed by atoms with E-state index in [4.69, 9.17) is 9.84 Å². The smallest absolute Gasteiger partial charge is 0.255 e. The largest absolute Gasteiger partial charge is 0.378 e. The quantitative estimate of drug-likeness (QED) is 0.643. The van der Waals surface area contributed by atoms with Crippen LogP contribution in [-0.4, -0.2) is 73.5 Å². The number of nitrogens with zero attached hydrogens (tertiary/aromatic N) is 5. The maximum Gasteiger partial charge on any atom is 0.255 e. The Morgan fingerprint density at radius 1 is 1.14 bits per heavy atom. The summed E-state index contributed by atoms with van der Waals surface area (Å²) in [5.41, 5.74) is 4.42. The normalized spacial score (nSPS) is 20.3. The number of carbonyl (C=O) groups is 1. The first-order valence-electron chi connectivity index (χ1n) is 13.1. The lowest BCUT2D eigenvalue weighted by Gasteiger charge is -2.32. The Morgan fingerprint density at radius 2 is 1.94 bits per heavy atom.